The van der Waals surface area contributed by atoms with Crippen molar-refractivity contribution in [1.82, 2.24) is 5.32 Å². The van der Waals surface area contributed by atoms with E-state index < -0.39 is 17.4 Å². The maximum atomic E-state index is 12.8. The van der Waals surface area contributed by atoms with Gasteiger partial charge >= 0.3 is 6.03 Å². The molecule has 12 heavy (non-hydrogen) atoms. The lowest BCUT2D eigenvalue weighted by Gasteiger charge is -2.30. The van der Waals surface area contributed by atoms with Crippen molar-refractivity contribution in [2.45, 2.75) is 26.7 Å². The monoisotopic (exact) mass is 180 g/mol. The Morgan fingerprint density at radius 3 is 2.08 bits per heavy atom. The minimum Gasteiger partial charge on any atom is -0.352 e. The number of hydrogen-bond acceptors (Lipinski definition) is 1. The number of nitrogens with one attached hydrogen (secondary N) is 1. The Bertz CT molecular complexity index is 175. The van der Waals surface area contributed by atoms with Gasteiger partial charge in [-0.25, -0.2) is 13.6 Å². The highest BCUT2D eigenvalue weighted by molar-refractivity contribution is 5.71. The average molecular weight is 180 g/mol. The SMILES string of the molecule is CC(F)(F)C(C)(C)CNC(N)=O. The van der Waals surface area contributed by atoms with E-state index in [-0.39, 0.29) is 6.54 Å². The van der Waals surface area contributed by atoms with E-state index in [1.54, 1.807) is 0 Å². The Morgan fingerprint density at radius 2 is 1.83 bits per heavy atom. The fourth-order valence-electron chi connectivity index (χ4n) is 0.463. The molecule has 0 bridgehead atoms. The summed E-state index contributed by atoms with van der Waals surface area (Å²) in [6, 6.07) is -0.785. The van der Waals surface area contributed by atoms with Crippen LogP contribution >= 0.6 is 0 Å². The minimum atomic E-state index is -2.84. The number of nitrogens with two attached hydrogens (primary N) is 1. The summed E-state index contributed by atoms with van der Waals surface area (Å²) in [5.41, 5.74) is 3.47. The molecule has 0 unspecified atom stereocenters. The van der Waals surface area contributed by atoms with Crippen LogP contribution in [-0.4, -0.2) is 18.5 Å². The van der Waals surface area contributed by atoms with Gasteiger partial charge in [0, 0.05) is 12.0 Å². The second kappa shape index (κ2) is 3.25. The first-order chi connectivity index (χ1) is 5.17. The first-order valence-corrected chi connectivity index (χ1v) is 3.58. The van der Waals surface area contributed by atoms with E-state index >= 15 is 0 Å². The second-order valence-electron chi connectivity index (χ2n) is 3.49. The number of amides is 2. The van der Waals surface area contributed by atoms with Gasteiger partial charge in [0.05, 0.1) is 0 Å². The number of halogens is 2. The van der Waals surface area contributed by atoms with Crippen molar-refractivity contribution >= 4 is 6.03 Å². The molecular formula is C7H14F2N2O. The van der Waals surface area contributed by atoms with Crippen LogP contribution < -0.4 is 11.1 Å². The topological polar surface area (TPSA) is 55.1 Å². The lowest BCUT2D eigenvalue weighted by molar-refractivity contribution is -0.0854. The molecule has 3 nitrogen and oxygen atoms in total. The summed E-state index contributed by atoms with van der Waals surface area (Å²) in [4.78, 5) is 10.2. The quantitative estimate of drug-likeness (QED) is 0.676. The van der Waals surface area contributed by atoms with Crippen molar-refractivity contribution in [1.29, 1.82) is 0 Å². The van der Waals surface area contributed by atoms with Gasteiger partial charge in [-0.1, -0.05) is 13.8 Å². The Hall–Kier alpha value is -0.870. The van der Waals surface area contributed by atoms with E-state index in [1.807, 2.05) is 0 Å². The molecule has 72 valence electrons. The van der Waals surface area contributed by atoms with E-state index in [0.717, 1.165) is 6.92 Å². The van der Waals surface area contributed by atoms with Gasteiger partial charge in [0.15, 0.2) is 0 Å². The highest BCUT2D eigenvalue weighted by Crippen LogP contribution is 2.34. The van der Waals surface area contributed by atoms with Crippen molar-refractivity contribution in [3.05, 3.63) is 0 Å². The molecule has 0 aliphatic heterocycles. The minimum absolute atomic E-state index is 0.133. The van der Waals surface area contributed by atoms with Gasteiger partial charge in [-0.05, 0) is 6.92 Å². The zero-order chi connectivity index (χ0) is 9.99. The third-order valence-electron chi connectivity index (χ3n) is 1.89. The van der Waals surface area contributed by atoms with Crippen molar-refractivity contribution in [2.75, 3.05) is 6.54 Å². The van der Waals surface area contributed by atoms with Gasteiger partial charge in [-0.3, -0.25) is 0 Å². The molecule has 0 aromatic heterocycles. The van der Waals surface area contributed by atoms with Gasteiger partial charge in [0.1, 0.15) is 0 Å². The standard InChI is InChI=1S/C7H14F2N2O/c1-6(2,7(3,8)9)4-11-5(10)12/h4H2,1-3H3,(H3,10,11,12). The molecule has 0 atom stereocenters. The first-order valence-electron chi connectivity index (χ1n) is 3.58. The number of carbonyl (C=O) groups excluding carboxylic acids is 1. The lowest BCUT2D eigenvalue weighted by atomic mass is 9.86. The second-order valence-corrected chi connectivity index (χ2v) is 3.49. The number of rotatable bonds is 3. The van der Waals surface area contributed by atoms with Crippen molar-refractivity contribution in [2.24, 2.45) is 11.1 Å². The Kier molecular flexibility index (Phi) is 3.01. The molecule has 2 amide bonds. The molecule has 5 heteroatoms. The van der Waals surface area contributed by atoms with Crippen LogP contribution in [0.25, 0.3) is 0 Å². The summed E-state index contributed by atoms with van der Waals surface area (Å²) in [6.45, 7) is 3.41. The molecule has 0 aromatic carbocycles. The summed E-state index contributed by atoms with van der Waals surface area (Å²) in [7, 11) is 0. The number of carbonyl (C=O) groups is 1. The zero-order valence-electron chi connectivity index (χ0n) is 7.45. The van der Waals surface area contributed by atoms with Crippen LogP contribution in [0, 0.1) is 5.41 Å². The number of alkyl halides is 2. The van der Waals surface area contributed by atoms with Gasteiger partial charge < -0.3 is 11.1 Å². The first kappa shape index (κ1) is 11.1. The summed E-state index contributed by atoms with van der Waals surface area (Å²) in [5, 5.41) is 2.15. The highest BCUT2D eigenvalue weighted by atomic mass is 19.3. The predicted molar refractivity (Wildman–Crippen MR) is 42.0 cm³/mol. The van der Waals surface area contributed by atoms with Crippen LogP contribution in [0.15, 0.2) is 0 Å². The summed E-state index contributed by atoms with van der Waals surface area (Å²) in [6.07, 6.45) is 0. The molecule has 3 N–H and O–H groups in total. The molecule has 0 aromatic rings. The van der Waals surface area contributed by atoms with Crippen LogP contribution in [0.3, 0.4) is 0 Å². The normalized spacial score (nSPS) is 12.8. The number of primary amides is 1. The molecule has 0 aliphatic rings. The summed E-state index contributed by atoms with van der Waals surface area (Å²) in [5.74, 6) is -2.84. The van der Waals surface area contributed by atoms with E-state index in [4.69, 9.17) is 5.73 Å². The van der Waals surface area contributed by atoms with Crippen LogP contribution in [0.4, 0.5) is 13.6 Å². The van der Waals surface area contributed by atoms with Crippen LogP contribution in [0.5, 0.6) is 0 Å². The summed E-state index contributed by atoms with van der Waals surface area (Å²) < 4.78 is 25.5. The van der Waals surface area contributed by atoms with Crippen LogP contribution in [-0.2, 0) is 0 Å². The van der Waals surface area contributed by atoms with E-state index in [0.29, 0.717) is 0 Å². The molecule has 0 rings (SSSR count). The van der Waals surface area contributed by atoms with E-state index in [2.05, 4.69) is 5.32 Å². The molecule has 0 fully saturated rings. The van der Waals surface area contributed by atoms with Gasteiger partial charge in [-0.15, -0.1) is 0 Å². The Balaban J connectivity index is 4.14. The smallest absolute Gasteiger partial charge is 0.312 e. The number of urea groups is 1. The Morgan fingerprint density at radius 1 is 1.42 bits per heavy atom. The summed E-state index contributed by atoms with van der Waals surface area (Å²) >= 11 is 0. The molecule has 0 saturated heterocycles. The fraction of sp³-hybridized carbons (Fsp3) is 0.857. The lowest BCUT2D eigenvalue weighted by Crippen LogP contribution is -2.45. The maximum absolute atomic E-state index is 12.8. The average Bonchev–Trinajstić information content (AvgIpc) is 1.81. The molecule has 0 radical (unpaired) electrons. The molecule has 0 aliphatic carbocycles. The van der Waals surface area contributed by atoms with Gasteiger partial charge in [-0.2, -0.15) is 0 Å². The highest BCUT2D eigenvalue weighted by Gasteiger charge is 2.41. The third kappa shape index (κ3) is 3.02. The van der Waals surface area contributed by atoms with Crippen LogP contribution in [0.2, 0.25) is 0 Å². The molecular weight excluding hydrogens is 166 g/mol. The molecule has 0 saturated carbocycles. The van der Waals surface area contributed by atoms with Gasteiger partial charge in [0.25, 0.3) is 5.92 Å². The fourth-order valence-corrected chi connectivity index (χ4v) is 0.463. The van der Waals surface area contributed by atoms with E-state index in [9.17, 15) is 13.6 Å². The molecule has 0 heterocycles. The third-order valence-corrected chi connectivity index (χ3v) is 1.89. The zero-order valence-corrected chi connectivity index (χ0v) is 7.45. The molecule has 0 spiro atoms. The van der Waals surface area contributed by atoms with Crippen LogP contribution in [0.1, 0.15) is 20.8 Å². The maximum Gasteiger partial charge on any atom is 0.312 e. The number of hydrogen-bond donors (Lipinski definition) is 2. The largest absolute Gasteiger partial charge is 0.352 e. The van der Waals surface area contributed by atoms with Crippen molar-refractivity contribution in [3.63, 3.8) is 0 Å². The van der Waals surface area contributed by atoms with Crippen molar-refractivity contribution < 1.29 is 13.6 Å². The van der Waals surface area contributed by atoms with Crippen molar-refractivity contribution in [3.8, 4) is 0 Å². The predicted octanol–water partition coefficient (Wildman–Crippen LogP) is 1.34. The van der Waals surface area contributed by atoms with Gasteiger partial charge in [0.2, 0.25) is 0 Å². The van der Waals surface area contributed by atoms with E-state index in [1.165, 1.54) is 13.8 Å². The Labute approximate surface area is 70.3 Å².